The van der Waals surface area contributed by atoms with Gasteiger partial charge in [0.2, 0.25) is 0 Å². The van der Waals surface area contributed by atoms with Crippen LogP contribution in [0.3, 0.4) is 0 Å². The molecule has 5 aromatic rings. The highest BCUT2D eigenvalue weighted by atomic mass is 32.1. The molecule has 0 aliphatic heterocycles. The maximum absolute atomic E-state index is 13.4. The molecule has 3 aromatic heterocycles. The average Bonchev–Trinajstić information content (AvgIpc) is 3.17. The van der Waals surface area contributed by atoms with E-state index >= 15 is 0 Å². The number of para-hydroxylation sites is 1. The molecule has 0 aliphatic rings. The van der Waals surface area contributed by atoms with Crippen LogP contribution in [0.5, 0.6) is 5.75 Å². The second-order valence-corrected chi connectivity index (χ2v) is 8.45. The van der Waals surface area contributed by atoms with Gasteiger partial charge < -0.3 is 4.74 Å². The molecular formula is C25H19N3O3S. The first-order valence-corrected chi connectivity index (χ1v) is 10.9. The molecule has 3 heterocycles. The van der Waals surface area contributed by atoms with Gasteiger partial charge in [0.05, 0.1) is 24.0 Å². The maximum atomic E-state index is 13.4. The highest BCUT2D eigenvalue weighted by Crippen LogP contribution is 2.40. The Balaban J connectivity index is 1.89. The van der Waals surface area contributed by atoms with Crippen LogP contribution >= 0.6 is 11.3 Å². The van der Waals surface area contributed by atoms with Crippen molar-refractivity contribution in [2.24, 2.45) is 0 Å². The van der Waals surface area contributed by atoms with E-state index in [0.717, 1.165) is 28.0 Å². The van der Waals surface area contributed by atoms with Crippen molar-refractivity contribution < 1.29 is 9.53 Å². The van der Waals surface area contributed by atoms with Crippen molar-refractivity contribution in [2.75, 3.05) is 7.11 Å². The summed E-state index contributed by atoms with van der Waals surface area (Å²) in [6.45, 7) is 3.36. The van der Waals surface area contributed by atoms with Crippen LogP contribution in [0, 0.1) is 6.92 Å². The van der Waals surface area contributed by atoms with Gasteiger partial charge in [0.1, 0.15) is 21.6 Å². The van der Waals surface area contributed by atoms with Gasteiger partial charge in [0.25, 0.3) is 5.56 Å². The number of rotatable bonds is 4. The third-order valence-corrected chi connectivity index (χ3v) is 6.54. The zero-order chi connectivity index (χ0) is 22.4. The van der Waals surface area contributed by atoms with Gasteiger partial charge in [-0.3, -0.25) is 14.2 Å². The second kappa shape index (κ2) is 7.69. The Hall–Kier alpha value is -3.84. The summed E-state index contributed by atoms with van der Waals surface area (Å²) in [6, 6.07) is 16.9. The Morgan fingerprint density at radius 3 is 2.44 bits per heavy atom. The van der Waals surface area contributed by atoms with Crippen LogP contribution < -0.4 is 10.3 Å². The summed E-state index contributed by atoms with van der Waals surface area (Å²) in [7, 11) is 1.61. The molecule has 0 saturated heterocycles. The topological polar surface area (TPSA) is 74.1 Å². The van der Waals surface area contributed by atoms with E-state index in [2.05, 4.69) is 9.97 Å². The maximum Gasteiger partial charge on any atom is 0.275 e. The predicted molar refractivity (Wildman–Crippen MR) is 127 cm³/mol. The molecule has 0 bridgehead atoms. The number of nitrogens with zero attached hydrogens (tertiary/aromatic N) is 3. The molecule has 0 radical (unpaired) electrons. The number of benzene rings is 2. The number of hydrogen-bond donors (Lipinski definition) is 0. The number of hydrogen-bond acceptors (Lipinski definition) is 6. The summed E-state index contributed by atoms with van der Waals surface area (Å²) in [5.74, 6) is 0.638. The number of ketones is 1. The van der Waals surface area contributed by atoms with E-state index in [0.29, 0.717) is 26.3 Å². The Morgan fingerprint density at radius 1 is 1.06 bits per heavy atom. The van der Waals surface area contributed by atoms with Crippen LogP contribution in [0.4, 0.5) is 0 Å². The molecule has 2 aromatic carbocycles. The highest BCUT2D eigenvalue weighted by Gasteiger charge is 2.23. The highest BCUT2D eigenvalue weighted by molar-refractivity contribution is 7.25. The van der Waals surface area contributed by atoms with E-state index in [1.165, 1.54) is 29.2 Å². The molecular weight excluding hydrogens is 422 g/mol. The molecule has 32 heavy (non-hydrogen) atoms. The quantitative estimate of drug-likeness (QED) is 0.359. The fourth-order valence-electron chi connectivity index (χ4n) is 4.02. The molecule has 0 saturated carbocycles. The molecule has 7 heteroatoms. The summed E-state index contributed by atoms with van der Waals surface area (Å²) in [5, 5.41) is 0.725. The lowest BCUT2D eigenvalue weighted by Crippen LogP contribution is -2.17. The summed E-state index contributed by atoms with van der Waals surface area (Å²) >= 11 is 1.31. The number of ether oxygens (including phenoxy) is 1. The average molecular weight is 442 g/mol. The van der Waals surface area contributed by atoms with Crippen molar-refractivity contribution in [3.63, 3.8) is 0 Å². The summed E-state index contributed by atoms with van der Waals surface area (Å²) < 4.78 is 7.33. The monoisotopic (exact) mass is 441 g/mol. The van der Waals surface area contributed by atoms with Gasteiger partial charge in [-0.05, 0) is 43.7 Å². The fraction of sp³-hybridized carbons (Fsp3) is 0.120. The molecule has 5 rings (SSSR count). The number of carbonyl (C=O) groups excluding carboxylic acids is 1. The minimum Gasteiger partial charge on any atom is -0.497 e. The first kappa shape index (κ1) is 20.1. The van der Waals surface area contributed by atoms with Gasteiger partial charge in [-0.1, -0.05) is 30.3 Å². The third-order valence-electron chi connectivity index (χ3n) is 5.48. The van der Waals surface area contributed by atoms with Crippen LogP contribution in [-0.4, -0.2) is 27.4 Å². The minimum atomic E-state index is -0.160. The Bertz CT molecular complexity index is 1550. The molecule has 0 aliphatic carbocycles. The summed E-state index contributed by atoms with van der Waals surface area (Å²) in [5.41, 5.74) is 3.91. The second-order valence-electron chi connectivity index (χ2n) is 7.45. The lowest BCUT2D eigenvalue weighted by Gasteiger charge is -2.13. The molecule has 0 unspecified atom stereocenters. The van der Waals surface area contributed by atoms with E-state index in [9.17, 15) is 9.59 Å². The van der Waals surface area contributed by atoms with E-state index in [1.54, 1.807) is 7.11 Å². The number of methoxy groups -OCH3 is 1. The number of aromatic nitrogens is 3. The zero-order valence-electron chi connectivity index (χ0n) is 17.7. The molecule has 158 valence electrons. The van der Waals surface area contributed by atoms with E-state index in [4.69, 9.17) is 4.74 Å². The molecule has 0 spiro atoms. The molecule has 0 fully saturated rings. The normalized spacial score (nSPS) is 11.2. The van der Waals surface area contributed by atoms with Crippen LogP contribution in [-0.2, 0) is 0 Å². The number of Topliss-reactive ketones (excluding diaryl/α,β-unsaturated/α-hetero) is 1. The van der Waals surface area contributed by atoms with Crippen LogP contribution in [0.15, 0.2) is 65.7 Å². The number of thiophene rings is 1. The van der Waals surface area contributed by atoms with E-state index < -0.39 is 0 Å². The minimum absolute atomic E-state index is 0.0836. The van der Waals surface area contributed by atoms with Gasteiger partial charge in [0, 0.05) is 16.5 Å². The summed E-state index contributed by atoms with van der Waals surface area (Å²) in [4.78, 5) is 36.0. The standard InChI is InChI=1S/C25H19N3O3S/c1-14-19(15(2)29)20(16-9-11-18(31-3)12-10-16)21-22-23(32-24(21)27-14)25(30)28(13-26-22)17-7-5-4-6-8-17/h4-13H,1-3H3. The predicted octanol–water partition coefficient (Wildman–Crippen LogP) is 5.18. The van der Waals surface area contributed by atoms with Crippen LogP contribution in [0.1, 0.15) is 23.0 Å². The smallest absolute Gasteiger partial charge is 0.275 e. The van der Waals surface area contributed by atoms with Gasteiger partial charge in [-0.15, -0.1) is 11.3 Å². The zero-order valence-corrected chi connectivity index (χ0v) is 18.6. The van der Waals surface area contributed by atoms with Crippen molar-refractivity contribution in [3.05, 3.63) is 82.5 Å². The Morgan fingerprint density at radius 2 is 1.78 bits per heavy atom. The molecule has 0 atom stereocenters. The number of carbonyl (C=O) groups is 1. The largest absolute Gasteiger partial charge is 0.497 e. The van der Waals surface area contributed by atoms with E-state index in [1.807, 2.05) is 61.5 Å². The molecule has 0 N–H and O–H groups in total. The first-order valence-electron chi connectivity index (χ1n) is 10.0. The van der Waals surface area contributed by atoms with Gasteiger partial charge in [0.15, 0.2) is 5.78 Å². The van der Waals surface area contributed by atoms with E-state index in [-0.39, 0.29) is 11.3 Å². The third kappa shape index (κ3) is 3.09. The lowest BCUT2D eigenvalue weighted by molar-refractivity contribution is 0.101. The fourth-order valence-corrected chi connectivity index (χ4v) is 5.14. The molecule has 0 amide bonds. The number of fused-ring (bicyclic) bond motifs is 3. The molecule has 6 nitrogen and oxygen atoms in total. The van der Waals surface area contributed by atoms with Crippen molar-refractivity contribution >= 4 is 37.6 Å². The van der Waals surface area contributed by atoms with Crippen molar-refractivity contribution in [3.8, 4) is 22.6 Å². The van der Waals surface area contributed by atoms with Crippen LogP contribution in [0.25, 0.3) is 37.2 Å². The van der Waals surface area contributed by atoms with Crippen LogP contribution in [0.2, 0.25) is 0 Å². The number of aryl methyl sites for hydroxylation is 1. The van der Waals surface area contributed by atoms with Crippen molar-refractivity contribution in [2.45, 2.75) is 13.8 Å². The Labute approximate surface area is 187 Å². The van der Waals surface area contributed by atoms with Gasteiger partial charge in [-0.25, -0.2) is 9.97 Å². The van der Waals surface area contributed by atoms with Gasteiger partial charge in [-0.2, -0.15) is 0 Å². The van der Waals surface area contributed by atoms with Gasteiger partial charge >= 0.3 is 0 Å². The Kier molecular flexibility index (Phi) is 4.83. The van der Waals surface area contributed by atoms with Crippen molar-refractivity contribution in [1.82, 2.24) is 14.5 Å². The van der Waals surface area contributed by atoms with Crippen molar-refractivity contribution in [1.29, 1.82) is 0 Å². The first-order chi connectivity index (χ1) is 15.5. The summed E-state index contributed by atoms with van der Waals surface area (Å²) in [6.07, 6.45) is 1.54. The SMILES string of the molecule is COc1ccc(-c2c(C(C)=O)c(C)nc3sc4c(=O)n(-c5ccccc5)cnc4c23)cc1. The number of pyridine rings is 1. The lowest BCUT2D eigenvalue weighted by atomic mass is 9.93.